The molecule has 1 fully saturated rings. The maximum absolute atomic E-state index is 4.73. The molecule has 4 heteroatoms. The van der Waals surface area contributed by atoms with Gasteiger partial charge >= 0.3 is 0 Å². The van der Waals surface area contributed by atoms with Crippen molar-refractivity contribution < 1.29 is 0 Å². The van der Waals surface area contributed by atoms with Crippen LogP contribution >= 0.6 is 0 Å². The Hall–Kier alpha value is -1.32. The summed E-state index contributed by atoms with van der Waals surface area (Å²) in [6.45, 7) is 11.7. The lowest BCUT2D eigenvalue weighted by atomic mass is 9.96. The normalized spacial score (nSPS) is 19.4. The molecule has 0 aromatic carbocycles. The molecule has 1 aromatic rings. The highest BCUT2D eigenvalue weighted by Gasteiger charge is 2.20. The average Bonchev–Trinajstić information content (AvgIpc) is 2.69. The Balaban J connectivity index is 2.17. The summed E-state index contributed by atoms with van der Waals surface area (Å²) >= 11 is 0. The molecule has 1 aromatic heterocycles. The minimum absolute atomic E-state index is 0.862. The number of nitrogens with one attached hydrogen (secondary N) is 1. The molecule has 0 bridgehead atoms. The van der Waals surface area contributed by atoms with Crippen molar-refractivity contribution in [2.24, 2.45) is 5.92 Å². The van der Waals surface area contributed by atoms with Crippen LogP contribution in [0, 0.1) is 19.8 Å². The molecule has 4 nitrogen and oxygen atoms in total. The summed E-state index contributed by atoms with van der Waals surface area (Å²) in [7, 11) is 0. The maximum Gasteiger partial charge on any atom is 0.137 e. The molecule has 21 heavy (non-hydrogen) atoms. The van der Waals surface area contributed by atoms with Gasteiger partial charge in [0.05, 0.1) is 0 Å². The lowest BCUT2D eigenvalue weighted by Gasteiger charge is -2.25. The monoisotopic (exact) mass is 290 g/mol. The van der Waals surface area contributed by atoms with E-state index in [1.165, 1.54) is 37.7 Å². The fourth-order valence-corrected chi connectivity index (χ4v) is 3.34. The van der Waals surface area contributed by atoms with Gasteiger partial charge in [-0.1, -0.05) is 19.8 Å². The molecule has 0 saturated carbocycles. The van der Waals surface area contributed by atoms with Gasteiger partial charge in [0.15, 0.2) is 0 Å². The van der Waals surface area contributed by atoms with Crippen molar-refractivity contribution in [3.63, 3.8) is 0 Å². The summed E-state index contributed by atoms with van der Waals surface area (Å²) in [5.41, 5.74) is 1.19. The zero-order valence-corrected chi connectivity index (χ0v) is 14.1. The highest BCUT2D eigenvalue weighted by atomic mass is 15.2. The smallest absolute Gasteiger partial charge is 0.137 e. The molecule has 2 heterocycles. The Morgan fingerprint density at radius 3 is 2.67 bits per heavy atom. The van der Waals surface area contributed by atoms with Crippen molar-refractivity contribution >= 4 is 11.6 Å². The van der Waals surface area contributed by atoms with E-state index in [0.29, 0.717) is 0 Å². The predicted octanol–water partition coefficient (Wildman–Crippen LogP) is 3.93. The van der Waals surface area contributed by atoms with Gasteiger partial charge in [0.25, 0.3) is 0 Å². The Morgan fingerprint density at radius 1 is 1.14 bits per heavy atom. The lowest BCUT2D eigenvalue weighted by Crippen LogP contribution is -2.27. The van der Waals surface area contributed by atoms with Crippen LogP contribution in [0.5, 0.6) is 0 Å². The molecule has 0 radical (unpaired) electrons. The van der Waals surface area contributed by atoms with Crippen LogP contribution < -0.4 is 10.2 Å². The van der Waals surface area contributed by atoms with Gasteiger partial charge < -0.3 is 10.2 Å². The first-order chi connectivity index (χ1) is 10.2. The van der Waals surface area contributed by atoms with E-state index in [4.69, 9.17) is 4.98 Å². The van der Waals surface area contributed by atoms with Crippen molar-refractivity contribution in [1.29, 1.82) is 0 Å². The summed E-state index contributed by atoms with van der Waals surface area (Å²) in [4.78, 5) is 11.7. The van der Waals surface area contributed by atoms with Crippen LogP contribution in [-0.4, -0.2) is 29.6 Å². The molecular weight excluding hydrogens is 260 g/mol. The number of hydrogen-bond acceptors (Lipinski definition) is 4. The van der Waals surface area contributed by atoms with E-state index in [-0.39, 0.29) is 0 Å². The van der Waals surface area contributed by atoms with Crippen molar-refractivity contribution in [3.8, 4) is 0 Å². The number of hydrogen-bond donors (Lipinski definition) is 1. The number of rotatable bonds is 5. The van der Waals surface area contributed by atoms with Gasteiger partial charge in [0.1, 0.15) is 17.5 Å². The summed E-state index contributed by atoms with van der Waals surface area (Å²) in [6, 6.07) is 0. The molecule has 1 N–H and O–H groups in total. The second-order valence-corrected chi connectivity index (χ2v) is 6.17. The van der Waals surface area contributed by atoms with Crippen LogP contribution in [-0.2, 0) is 0 Å². The van der Waals surface area contributed by atoms with E-state index in [1.807, 2.05) is 6.92 Å². The third-order valence-electron chi connectivity index (χ3n) is 4.42. The second-order valence-electron chi connectivity index (χ2n) is 6.17. The Morgan fingerprint density at radius 2 is 1.95 bits per heavy atom. The van der Waals surface area contributed by atoms with Gasteiger partial charge in [0.2, 0.25) is 0 Å². The van der Waals surface area contributed by atoms with Gasteiger partial charge in [-0.3, -0.25) is 0 Å². The first-order valence-corrected chi connectivity index (χ1v) is 8.49. The highest BCUT2D eigenvalue weighted by Crippen LogP contribution is 2.28. The van der Waals surface area contributed by atoms with E-state index in [9.17, 15) is 0 Å². The van der Waals surface area contributed by atoms with E-state index >= 15 is 0 Å². The topological polar surface area (TPSA) is 41.1 Å². The molecule has 1 unspecified atom stereocenters. The summed E-state index contributed by atoms with van der Waals surface area (Å²) in [6.07, 6.45) is 6.63. The average molecular weight is 290 g/mol. The molecule has 1 atom stereocenters. The third kappa shape index (κ3) is 4.08. The number of aryl methyl sites for hydroxylation is 1. The number of nitrogens with zero attached hydrogens (tertiary/aromatic N) is 3. The van der Waals surface area contributed by atoms with Crippen molar-refractivity contribution in [1.82, 2.24) is 9.97 Å². The lowest BCUT2D eigenvalue weighted by molar-refractivity contribution is 0.435. The molecule has 0 spiro atoms. The Kier molecular flexibility index (Phi) is 5.83. The minimum Gasteiger partial charge on any atom is -0.370 e. The first kappa shape index (κ1) is 16.1. The van der Waals surface area contributed by atoms with Gasteiger partial charge in [-0.25, -0.2) is 9.97 Å². The van der Waals surface area contributed by atoms with Crippen LogP contribution in [0.1, 0.15) is 57.3 Å². The highest BCUT2D eigenvalue weighted by molar-refractivity contribution is 5.58. The fraction of sp³-hybridized carbons (Fsp3) is 0.765. The third-order valence-corrected chi connectivity index (χ3v) is 4.42. The Labute approximate surface area is 129 Å². The molecule has 0 amide bonds. The quantitative estimate of drug-likeness (QED) is 0.892. The molecule has 1 aliphatic heterocycles. The van der Waals surface area contributed by atoms with Crippen molar-refractivity contribution in [2.75, 3.05) is 29.9 Å². The molecule has 2 rings (SSSR count). The maximum atomic E-state index is 4.73. The van der Waals surface area contributed by atoms with Gasteiger partial charge in [0, 0.05) is 25.2 Å². The standard InChI is InChI=1S/C17H30N4/c1-5-8-15-9-7-11-21(12-10-15)17-13(3)16(18-6-2)19-14(4)20-17/h15H,5-12H2,1-4H3,(H,18,19,20). The van der Waals surface area contributed by atoms with E-state index in [2.05, 4.69) is 36.0 Å². The predicted molar refractivity (Wildman–Crippen MR) is 90.1 cm³/mol. The van der Waals surface area contributed by atoms with Crippen LogP contribution in [0.25, 0.3) is 0 Å². The summed E-state index contributed by atoms with van der Waals surface area (Å²) in [5.74, 6) is 3.89. The van der Waals surface area contributed by atoms with Gasteiger partial charge in [-0.2, -0.15) is 0 Å². The largest absolute Gasteiger partial charge is 0.370 e. The van der Waals surface area contributed by atoms with Crippen LogP contribution in [0.3, 0.4) is 0 Å². The first-order valence-electron chi connectivity index (χ1n) is 8.49. The SMILES string of the molecule is CCCC1CCCN(c2nc(C)nc(NCC)c2C)CC1. The van der Waals surface area contributed by atoms with Gasteiger partial charge in [-0.05, 0) is 46.0 Å². The zero-order chi connectivity index (χ0) is 15.2. The molecule has 1 aliphatic rings. The van der Waals surface area contributed by atoms with Gasteiger partial charge in [-0.15, -0.1) is 0 Å². The second kappa shape index (κ2) is 7.62. The molecule has 1 saturated heterocycles. The van der Waals surface area contributed by atoms with Crippen LogP contribution in [0.2, 0.25) is 0 Å². The zero-order valence-electron chi connectivity index (χ0n) is 14.1. The molecule has 118 valence electrons. The summed E-state index contributed by atoms with van der Waals surface area (Å²) in [5, 5.41) is 3.36. The van der Waals surface area contributed by atoms with E-state index in [0.717, 1.165) is 43.0 Å². The van der Waals surface area contributed by atoms with E-state index < -0.39 is 0 Å². The van der Waals surface area contributed by atoms with E-state index in [1.54, 1.807) is 0 Å². The number of anilines is 2. The molecule has 0 aliphatic carbocycles. The molecular formula is C17H30N4. The Bertz CT molecular complexity index is 458. The summed E-state index contributed by atoms with van der Waals surface area (Å²) < 4.78 is 0. The van der Waals surface area contributed by atoms with Crippen molar-refractivity contribution in [2.45, 2.75) is 59.8 Å². The minimum atomic E-state index is 0.862. The van der Waals surface area contributed by atoms with Crippen LogP contribution in [0.15, 0.2) is 0 Å². The van der Waals surface area contributed by atoms with Crippen LogP contribution in [0.4, 0.5) is 11.6 Å². The number of aromatic nitrogens is 2. The van der Waals surface area contributed by atoms with Crippen molar-refractivity contribution in [3.05, 3.63) is 11.4 Å². The fourth-order valence-electron chi connectivity index (χ4n) is 3.34.